The van der Waals surface area contributed by atoms with E-state index in [0.29, 0.717) is 6.54 Å². The molecule has 6 heteroatoms. The zero-order valence-electron chi connectivity index (χ0n) is 7.70. The van der Waals surface area contributed by atoms with Gasteiger partial charge in [0.2, 0.25) is 0 Å². The van der Waals surface area contributed by atoms with Gasteiger partial charge in [0, 0.05) is 12.8 Å². The molecule has 1 heterocycles. The number of sulfone groups is 1. The Morgan fingerprint density at radius 1 is 1.54 bits per heavy atom. The van der Waals surface area contributed by atoms with Gasteiger partial charge >= 0.3 is 0 Å². The number of nitrogens with zero attached hydrogens (tertiary/aromatic N) is 2. The van der Waals surface area contributed by atoms with Crippen LogP contribution in [-0.2, 0) is 16.4 Å². The fourth-order valence-electron chi connectivity index (χ4n) is 1.11. The average molecular weight is 206 g/mol. The Labute approximate surface area is 76.3 Å². The van der Waals surface area contributed by atoms with Crippen LogP contribution < -0.4 is 0 Å². The lowest BCUT2D eigenvalue weighted by atomic mass is 10.5. The van der Waals surface area contributed by atoms with Crippen LogP contribution in [0.4, 0.5) is 4.39 Å². The summed E-state index contributed by atoms with van der Waals surface area (Å²) in [6.07, 6.45) is 0.971. The van der Waals surface area contributed by atoms with Crippen molar-refractivity contribution in [3.63, 3.8) is 0 Å². The van der Waals surface area contributed by atoms with E-state index in [4.69, 9.17) is 0 Å². The lowest BCUT2D eigenvalue weighted by Crippen LogP contribution is -2.09. The van der Waals surface area contributed by atoms with Crippen molar-refractivity contribution < 1.29 is 12.8 Å². The number of halogens is 1. The van der Waals surface area contributed by atoms with Crippen LogP contribution in [0.15, 0.2) is 5.03 Å². The molecule has 1 aromatic rings. The monoisotopic (exact) mass is 206 g/mol. The van der Waals surface area contributed by atoms with Gasteiger partial charge in [0.25, 0.3) is 0 Å². The molecule has 1 rings (SSSR count). The van der Waals surface area contributed by atoms with Crippen LogP contribution in [0, 0.1) is 12.7 Å². The van der Waals surface area contributed by atoms with E-state index in [1.807, 2.05) is 0 Å². The third-order valence-electron chi connectivity index (χ3n) is 1.66. The lowest BCUT2D eigenvalue weighted by Gasteiger charge is -2.00. The van der Waals surface area contributed by atoms with Crippen LogP contribution in [0.25, 0.3) is 0 Å². The Morgan fingerprint density at radius 3 is 2.38 bits per heavy atom. The van der Waals surface area contributed by atoms with Gasteiger partial charge in [-0.3, -0.25) is 4.68 Å². The zero-order chi connectivity index (χ0) is 10.2. The summed E-state index contributed by atoms with van der Waals surface area (Å²) in [6, 6.07) is 0. The first kappa shape index (κ1) is 10.2. The highest BCUT2D eigenvalue weighted by Crippen LogP contribution is 2.16. The minimum Gasteiger partial charge on any atom is -0.252 e. The van der Waals surface area contributed by atoms with Crippen molar-refractivity contribution in [1.82, 2.24) is 9.78 Å². The van der Waals surface area contributed by atoms with Crippen LogP contribution in [0.2, 0.25) is 0 Å². The van der Waals surface area contributed by atoms with Gasteiger partial charge in [-0.15, -0.1) is 0 Å². The molecule has 0 fully saturated rings. The van der Waals surface area contributed by atoms with E-state index in [9.17, 15) is 12.8 Å². The topological polar surface area (TPSA) is 52.0 Å². The first-order chi connectivity index (χ1) is 5.88. The van der Waals surface area contributed by atoms with Crippen LogP contribution in [0.3, 0.4) is 0 Å². The van der Waals surface area contributed by atoms with E-state index in [-0.39, 0.29) is 10.7 Å². The van der Waals surface area contributed by atoms with Gasteiger partial charge in [-0.1, -0.05) is 0 Å². The Bertz CT molecular complexity index is 422. The van der Waals surface area contributed by atoms with Gasteiger partial charge in [-0.2, -0.15) is 5.10 Å². The first-order valence-corrected chi connectivity index (χ1v) is 5.70. The van der Waals surface area contributed by atoms with Gasteiger partial charge in [-0.25, -0.2) is 12.8 Å². The predicted octanol–water partition coefficient (Wildman–Crippen LogP) is 0.754. The second-order valence-electron chi connectivity index (χ2n) is 2.79. The highest BCUT2D eigenvalue weighted by molar-refractivity contribution is 7.90. The maximum absolute atomic E-state index is 13.2. The van der Waals surface area contributed by atoms with Gasteiger partial charge in [0.15, 0.2) is 20.7 Å². The van der Waals surface area contributed by atoms with E-state index < -0.39 is 15.7 Å². The molecule has 74 valence electrons. The molecular formula is C7H11FN2O2S. The van der Waals surface area contributed by atoms with Gasteiger partial charge in [0.1, 0.15) is 0 Å². The molecule has 0 N–H and O–H groups in total. The van der Waals surface area contributed by atoms with Crippen LogP contribution in [0.1, 0.15) is 12.6 Å². The summed E-state index contributed by atoms with van der Waals surface area (Å²) in [6.45, 7) is 3.49. The molecule has 0 atom stereocenters. The van der Waals surface area contributed by atoms with Crippen molar-refractivity contribution in [3.8, 4) is 0 Å². The molecule has 0 saturated carbocycles. The average Bonchev–Trinajstić information content (AvgIpc) is 2.26. The van der Waals surface area contributed by atoms with Crippen molar-refractivity contribution in [2.24, 2.45) is 0 Å². The Balaban J connectivity index is 3.51. The largest absolute Gasteiger partial charge is 0.252 e. The third kappa shape index (κ3) is 1.72. The number of hydrogen-bond donors (Lipinski definition) is 0. The van der Waals surface area contributed by atoms with Crippen molar-refractivity contribution in [2.45, 2.75) is 25.4 Å². The SMILES string of the molecule is CCn1nc(C)c(F)c1S(C)(=O)=O. The van der Waals surface area contributed by atoms with Crippen LogP contribution in [-0.4, -0.2) is 24.5 Å². The molecule has 0 unspecified atom stereocenters. The number of hydrogen-bond acceptors (Lipinski definition) is 3. The summed E-state index contributed by atoms with van der Waals surface area (Å²) in [7, 11) is -3.53. The van der Waals surface area contributed by atoms with Gasteiger partial charge < -0.3 is 0 Å². The molecule has 0 amide bonds. The van der Waals surface area contributed by atoms with Crippen molar-refractivity contribution in [1.29, 1.82) is 0 Å². The van der Waals surface area contributed by atoms with E-state index in [1.165, 1.54) is 6.92 Å². The lowest BCUT2D eigenvalue weighted by molar-refractivity contribution is 0.521. The third-order valence-corrected chi connectivity index (χ3v) is 2.75. The molecule has 0 aliphatic heterocycles. The zero-order valence-corrected chi connectivity index (χ0v) is 8.52. The second-order valence-corrected chi connectivity index (χ2v) is 4.72. The molecule has 0 saturated heterocycles. The molecule has 0 radical (unpaired) electrons. The summed E-state index contributed by atoms with van der Waals surface area (Å²) in [5.74, 6) is -0.746. The molecule has 1 aromatic heterocycles. The van der Waals surface area contributed by atoms with Crippen LogP contribution >= 0.6 is 0 Å². The number of aromatic nitrogens is 2. The summed E-state index contributed by atoms with van der Waals surface area (Å²) < 4.78 is 36.7. The van der Waals surface area contributed by atoms with Crippen molar-refractivity contribution >= 4 is 9.84 Å². The Morgan fingerprint density at radius 2 is 2.08 bits per heavy atom. The Kier molecular flexibility index (Phi) is 2.42. The summed E-state index contributed by atoms with van der Waals surface area (Å²) in [4.78, 5) is 0. The van der Waals surface area contributed by atoms with Crippen molar-refractivity contribution in [2.75, 3.05) is 6.26 Å². The van der Waals surface area contributed by atoms with Crippen LogP contribution in [0.5, 0.6) is 0 Å². The number of rotatable bonds is 2. The second kappa shape index (κ2) is 3.10. The van der Waals surface area contributed by atoms with E-state index in [0.717, 1.165) is 10.9 Å². The quantitative estimate of drug-likeness (QED) is 0.717. The summed E-state index contributed by atoms with van der Waals surface area (Å²) in [5.41, 5.74) is 0.113. The smallest absolute Gasteiger partial charge is 0.195 e. The van der Waals surface area contributed by atoms with Gasteiger partial charge in [0.05, 0.1) is 5.69 Å². The minimum absolute atomic E-state index is 0.113. The molecule has 4 nitrogen and oxygen atoms in total. The fraction of sp³-hybridized carbons (Fsp3) is 0.571. The highest BCUT2D eigenvalue weighted by Gasteiger charge is 2.22. The first-order valence-electron chi connectivity index (χ1n) is 3.81. The standard InChI is InChI=1S/C7H11FN2O2S/c1-4-10-7(13(3,11)12)6(8)5(2)9-10/h4H2,1-3H3. The number of aryl methyl sites for hydroxylation is 2. The van der Waals surface area contributed by atoms with E-state index >= 15 is 0 Å². The molecule has 0 aromatic carbocycles. The molecule has 0 aliphatic carbocycles. The molecule has 0 spiro atoms. The molecule has 0 bridgehead atoms. The maximum Gasteiger partial charge on any atom is 0.195 e. The Hall–Kier alpha value is -0.910. The minimum atomic E-state index is -3.53. The van der Waals surface area contributed by atoms with E-state index in [1.54, 1.807) is 6.92 Å². The van der Waals surface area contributed by atoms with Gasteiger partial charge in [-0.05, 0) is 13.8 Å². The maximum atomic E-state index is 13.2. The van der Waals surface area contributed by atoms with E-state index in [2.05, 4.69) is 5.10 Å². The molecular weight excluding hydrogens is 195 g/mol. The summed E-state index contributed by atoms with van der Waals surface area (Å²) >= 11 is 0. The van der Waals surface area contributed by atoms with Crippen molar-refractivity contribution in [3.05, 3.63) is 11.5 Å². The summed E-state index contributed by atoms with van der Waals surface area (Å²) in [5, 5.41) is 3.43. The molecule has 0 aliphatic rings. The normalized spacial score (nSPS) is 12.0. The fourth-order valence-corrected chi connectivity index (χ4v) is 2.13. The highest BCUT2D eigenvalue weighted by atomic mass is 32.2. The predicted molar refractivity (Wildman–Crippen MR) is 45.7 cm³/mol. The molecule has 13 heavy (non-hydrogen) atoms.